The molecule has 0 fully saturated rings. The largest absolute Gasteiger partial charge is 0.372 e. The first-order chi connectivity index (χ1) is 8.28. The predicted octanol–water partition coefficient (Wildman–Crippen LogP) is 2.51. The van der Waals surface area contributed by atoms with Crippen LogP contribution in [0.25, 0.3) is 0 Å². The molecule has 19 heavy (non-hydrogen) atoms. The van der Waals surface area contributed by atoms with Gasteiger partial charge in [0.15, 0.2) is 0 Å². The van der Waals surface area contributed by atoms with Crippen LogP contribution >= 0.6 is 15.2 Å². The molecular formula is C10H24O7P2. The summed E-state index contributed by atoms with van der Waals surface area (Å²) in [5.74, 6) is -1.02. The molecule has 0 heterocycles. The minimum absolute atomic E-state index is 0.694. The van der Waals surface area contributed by atoms with E-state index in [-0.39, 0.29) is 0 Å². The molecule has 0 rings (SSSR count). The molecule has 0 aliphatic rings. The van der Waals surface area contributed by atoms with E-state index in [1.807, 2.05) is 0 Å². The lowest BCUT2D eigenvalue weighted by molar-refractivity contribution is 0.0572. The average molecular weight is 318 g/mol. The standard InChI is InChI=1S/C10H24O7P2/c1-7(2)10(11,18(12,13)16-8(3)4)19(14,15)17-9(5)6/h7-9,11H,1-6H3,(H,12,13)(H,14,15). The smallest absolute Gasteiger partial charge is 0.367 e. The van der Waals surface area contributed by atoms with Crippen LogP contribution in [0.4, 0.5) is 0 Å². The third-order valence-corrected chi connectivity index (χ3v) is 7.94. The lowest BCUT2D eigenvalue weighted by atomic mass is 10.2. The van der Waals surface area contributed by atoms with E-state index >= 15 is 0 Å². The monoisotopic (exact) mass is 318 g/mol. The van der Waals surface area contributed by atoms with Gasteiger partial charge in [-0.1, -0.05) is 13.8 Å². The second-order valence-electron chi connectivity index (χ2n) is 5.19. The van der Waals surface area contributed by atoms with E-state index < -0.39 is 38.4 Å². The summed E-state index contributed by atoms with van der Waals surface area (Å²) in [6, 6.07) is 0. The zero-order valence-electron chi connectivity index (χ0n) is 12.1. The Balaban J connectivity index is 5.75. The normalized spacial score (nSPS) is 22.3. The lowest BCUT2D eigenvalue weighted by Gasteiger charge is -2.38. The fourth-order valence-electron chi connectivity index (χ4n) is 1.54. The van der Waals surface area contributed by atoms with E-state index in [1.54, 1.807) is 0 Å². The van der Waals surface area contributed by atoms with Crippen LogP contribution in [0.3, 0.4) is 0 Å². The molecule has 3 N–H and O–H groups in total. The summed E-state index contributed by atoms with van der Waals surface area (Å²) in [4.78, 5) is 19.8. The predicted molar refractivity (Wildman–Crippen MR) is 71.9 cm³/mol. The van der Waals surface area contributed by atoms with Crippen molar-refractivity contribution in [2.45, 2.75) is 58.8 Å². The van der Waals surface area contributed by atoms with E-state index in [2.05, 4.69) is 0 Å². The Morgan fingerprint density at radius 1 is 0.842 bits per heavy atom. The molecule has 0 spiro atoms. The van der Waals surface area contributed by atoms with Gasteiger partial charge in [0.25, 0.3) is 5.08 Å². The highest BCUT2D eigenvalue weighted by Gasteiger charge is 2.64. The maximum Gasteiger partial charge on any atom is 0.372 e. The highest BCUT2D eigenvalue weighted by molar-refractivity contribution is 7.73. The molecule has 0 aliphatic heterocycles. The lowest BCUT2D eigenvalue weighted by Crippen LogP contribution is -2.37. The van der Waals surface area contributed by atoms with Crippen molar-refractivity contribution in [3.05, 3.63) is 0 Å². The topological polar surface area (TPSA) is 113 Å². The van der Waals surface area contributed by atoms with Gasteiger partial charge in [-0.2, -0.15) is 0 Å². The van der Waals surface area contributed by atoms with Crippen molar-refractivity contribution in [2.75, 3.05) is 0 Å². The molecule has 2 unspecified atom stereocenters. The highest BCUT2D eigenvalue weighted by atomic mass is 31.2. The van der Waals surface area contributed by atoms with Crippen LogP contribution in [0.5, 0.6) is 0 Å². The Hall–Kier alpha value is 0.260. The highest BCUT2D eigenvalue weighted by Crippen LogP contribution is 2.75. The van der Waals surface area contributed by atoms with Gasteiger partial charge in [-0.25, -0.2) is 0 Å². The first-order valence-corrected chi connectivity index (χ1v) is 9.18. The van der Waals surface area contributed by atoms with Gasteiger partial charge in [0.05, 0.1) is 12.2 Å². The summed E-state index contributed by atoms with van der Waals surface area (Å²) >= 11 is 0. The van der Waals surface area contributed by atoms with Crippen molar-refractivity contribution >= 4 is 15.2 Å². The maximum atomic E-state index is 12.2. The average Bonchev–Trinajstić information content (AvgIpc) is 2.10. The molecule has 0 aromatic rings. The molecule has 7 nitrogen and oxygen atoms in total. The van der Waals surface area contributed by atoms with Crippen LogP contribution in [-0.2, 0) is 18.2 Å². The third kappa shape index (κ3) is 4.11. The Morgan fingerprint density at radius 3 is 1.26 bits per heavy atom. The zero-order valence-corrected chi connectivity index (χ0v) is 13.9. The molecule has 2 atom stereocenters. The number of aliphatic hydroxyl groups is 1. The molecule has 0 bridgehead atoms. The number of rotatable bonds is 7. The molecule has 0 aliphatic carbocycles. The molecule has 0 amide bonds. The first kappa shape index (κ1) is 19.3. The molecule has 116 valence electrons. The van der Waals surface area contributed by atoms with E-state index in [0.29, 0.717) is 0 Å². The fourth-order valence-corrected chi connectivity index (χ4v) is 5.86. The maximum absolute atomic E-state index is 12.2. The van der Waals surface area contributed by atoms with Crippen molar-refractivity contribution in [3.8, 4) is 0 Å². The second-order valence-corrected chi connectivity index (χ2v) is 9.41. The van der Waals surface area contributed by atoms with Gasteiger partial charge in [-0.05, 0) is 27.7 Å². The molecular weight excluding hydrogens is 294 g/mol. The number of hydrogen-bond acceptors (Lipinski definition) is 5. The first-order valence-electron chi connectivity index (χ1n) is 6.03. The van der Waals surface area contributed by atoms with Gasteiger partial charge >= 0.3 is 15.2 Å². The summed E-state index contributed by atoms with van der Waals surface area (Å²) in [7, 11) is -9.57. The van der Waals surface area contributed by atoms with Gasteiger partial charge in [-0.15, -0.1) is 0 Å². The van der Waals surface area contributed by atoms with Gasteiger partial charge in [0.1, 0.15) is 0 Å². The Labute approximate surface area is 114 Å². The minimum Gasteiger partial charge on any atom is -0.367 e. The van der Waals surface area contributed by atoms with Crippen LogP contribution in [0, 0.1) is 5.92 Å². The van der Waals surface area contributed by atoms with Crippen LogP contribution in [0.2, 0.25) is 0 Å². The van der Waals surface area contributed by atoms with Crippen molar-refractivity contribution in [3.63, 3.8) is 0 Å². The third-order valence-electron chi connectivity index (χ3n) is 2.31. The number of hydrogen-bond donors (Lipinski definition) is 3. The summed E-state index contributed by atoms with van der Waals surface area (Å²) in [6.45, 7) is 8.62. The van der Waals surface area contributed by atoms with E-state index in [1.165, 1.54) is 41.5 Å². The van der Waals surface area contributed by atoms with Crippen LogP contribution < -0.4 is 0 Å². The molecule has 0 aromatic heterocycles. The Morgan fingerprint density at radius 2 is 1.11 bits per heavy atom. The summed E-state index contributed by atoms with van der Waals surface area (Å²) in [6.07, 6.45) is -1.39. The quantitative estimate of drug-likeness (QED) is 0.618. The summed E-state index contributed by atoms with van der Waals surface area (Å²) < 4.78 is 33.9. The van der Waals surface area contributed by atoms with Crippen LogP contribution in [-0.4, -0.2) is 32.2 Å². The minimum atomic E-state index is -4.79. The van der Waals surface area contributed by atoms with Gasteiger partial charge in [0, 0.05) is 5.92 Å². The van der Waals surface area contributed by atoms with Crippen molar-refractivity contribution in [1.82, 2.24) is 0 Å². The van der Waals surface area contributed by atoms with Gasteiger partial charge < -0.3 is 23.9 Å². The summed E-state index contributed by atoms with van der Waals surface area (Å²) in [5.41, 5.74) is 0. The molecule has 0 saturated heterocycles. The van der Waals surface area contributed by atoms with E-state index in [4.69, 9.17) is 9.05 Å². The summed E-state index contributed by atoms with van der Waals surface area (Å²) in [5, 5.41) is 7.50. The molecule has 0 saturated carbocycles. The molecule has 0 radical (unpaired) electrons. The van der Waals surface area contributed by atoms with Gasteiger partial charge in [0.2, 0.25) is 0 Å². The van der Waals surface area contributed by atoms with E-state index in [0.717, 1.165) is 0 Å². The van der Waals surface area contributed by atoms with Crippen molar-refractivity contribution in [2.24, 2.45) is 5.92 Å². The second kappa shape index (κ2) is 6.35. The SMILES string of the molecule is CC(C)OP(=O)(O)C(O)(C(C)C)P(=O)(O)OC(C)C. The Bertz CT molecular complexity index is 361. The van der Waals surface area contributed by atoms with Crippen LogP contribution in [0.1, 0.15) is 41.5 Å². The van der Waals surface area contributed by atoms with Crippen LogP contribution in [0.15, 0.2) is 0 Å². The molecule has 9 heteroatoms. The Kier molecular flexibility index (Phi) is 6.44. The zero-order chi connectivity index (χ0) is 15.6. The van der Waals surface area contributed by atoms with Crippen molar-refractivity contribution in [1.29, 1.82) is 0 Å². The van der Waals surface area contributed by atoms with Crippen molar-refractivity contribution < 1.29 is 33.1 Å². The van der Waals surface area contributed by atoms with Gasteiger partial charge in [-0.3, -0.25) is 9.13 Å². The van der Waals surface area contributed by atoms with E-state index in [9.17, 15) is 24.0 Å². The fraction of sp³-hybridized carbons (Fsp3) is 1.00. The molecule has 0 aromatic carbocycles.